The van der Waals surface area contributed by atoms with Crippen molar-refractivity contribution >= 4 is 5.91 Å². The van der Waals surface area contributed by atoms with Crippen LogP contribution in [0, 0.1) is 0 Å². The van der Waals surface area contributed by atoms with Crippen molar-refractivity contribution < 1.29 is 4.79 Å². The molecule has 0 unspecified atom stereocenters. The summed E-state index contributed by atoms with van der Waals surface area (Å²) in [6, 6.07) is 8.56. The van der Waals surface area contributed by atoms with Gasteiger partial charge < -0.3 is 11.1 Å². The number of carbonyl (C=O) groups excluding carboxylic acids is 1. The molecule has 3 nitrogen and oxygen atoms in total. The van der Waals surface area contributed by atoms with Crippen molar-refractivity contribution in [1.29, 1.82) is 0 Å². The largest absolute Gasteiger partial charge is 0.370 e. The molecular formula is C14H22N2O. The molecule has 0 heterocycles. The molecule has 0 aliphatic heterocycles. The summed E-state index contributed by atoms with van der Waals surface area (Å²) >= 11 is 0. The molecule has 1 amide bonds. The average Bonchev–Trinajstić information content (AvgIpc) is 2.23. The van der Waals surface area contributed by atoms with Crippen LogP contribution in [-0.2, 0) is 16.8 Å². The Morgan fingerprint density at radius 2 is 1.82 bits per heavy atom. The van der Waals surface area contributed by atoms with Gasteiger partial charge in [0.25, 0.3) is 0 Å². The molecule has 0 spiro atoms. The Morgan fingerprint density at radius 3 is 2.29 bits per heavy atom. The molecule has 0 bridgehead atoms. The van der Waals surface area contributed by atoms with Crippen LogP contribution in [0.3, 0.4) is 0 Å². The Morgan fingerprint density at radius 1 is 1.24 bits per heavy atom. The van der Waals surface area contributed by atoms with Crippen LogP contribution in [0.4, 0.5) is 0 Å². The molecule has 3 heteroatoms. The van der Waals surface area contributed by atoms with Gasteiger partial charge in [0.15, 0.2) is 0 Å². The van der Waals surface area contributed by atoms with E-state index < -0.39 is 0 Å². The quantitative estimate of drug-likeness (QED) is 0.765. The predicted molar refractivity (Wildman–Crippen MR) is 70.7 cm³/mol. The van der Waals surface area contributed by atoms with Crippen molar-refractivity contribution in [2.45, 2.75) is 39.2 Å². The number of rotatable bonds is 5. The fourth-order valence-corrected chi connectivity index (χ4v) is 1.57. The highest BCUT2D eigenvalue weighted by molar-refractivity contribution is 5.73. The number of benzene rings is 1. The van der Waals surface area contributed by atoms with Gasteiger partial charge in [-0.25, -0.2) is 0 Å². The summed E-state index contributed by atoms with van der Waals surface area (Å²) in [6.45, 7) is 8.02. The van der Waals surface area contributed by atoms with Crippen LogP contribution >= 0.6 is 0 Å². The lowest BCUT2D eigenvalue weighted by Gasteiger charge is -2.19. The lowest BCUT2D eigenvalue weighted by atomic mass is 9.87. The van der Waals surface area contributed by atoms with Crippen molar-refractivity contribution in [3.05, 3.63) is 35.4 Å². The number of nitrogens with one attached hydrogen (secondary N) is 1. The number of hydrogen-bond donors (Lipinski definition) is 2. The number of primary amides is 1. The minimum Gasteiger partial charge on any atom is -0.370 e. The molecule has 0 atom stereocenters. The first-order valence-corrected chi connectivity index (χ1v) is 5.98. The van der Waals surface area contributed by atoms with E-state index in [9.17, 15) is 4.79 Å². The van der Waals surface area contributed by atoms with Gasteiger partial charge in [-0.15, -0.1) is 0 Å². The molecule has 0 aromatic heterocycles. The molecule has 0 aliphatic carbocycles. The second-order valence-corrected chi connectivity index (χ2v) is 5.34. The zero-order valence-electron chi connectivity index (χ0n) is 10.9. The standard InChI is InChI=1S/C14H22N2O/c1-14(2,3)12-6-4-11(5-7-12)10-16-9-8-13(15)17/h4-7,16H,8-10H2,1-3H3,(H2,15,17). The Balaban J connectivity index is 2.43. The lowest BCUT2D eigenvalue weighted by Crippen LogP contribution is -2.21. The molecule has 0 radical (unpaired) electrons. The molecule has 0 aliphatic rings. The Bertz CT molecular complexity index is 363. The van der Waals surface area contributed by atoms with Gasteiger partial charge in [0, 0.05) is 19.5 Å². The SMILES string of the molecule is CC(C)(C)c1ccc(CNCCC(N)=O)cc1. The van der Waals surface area contributed by atoms with Crippen LogP contribution in [0.15, 0.2) is 24.3 Å². The Kier molecular flexibility index (Phi) is 4.70. The van der Waals surface area contributed by atoms with Crippen molar-refractivity contribution in [2.24, 2.45) is 5.73 Å². The van der Waals surface area contributed by atoms with Crippen LogP contribution in [0.2, 0.25) is 0 Å². The highest BCUT2D eigenvalue weighted by Crippen LogP contribution is 2.21. The summed E-state index contributed by atoms with van der Waals surface area (Å²) in [5.74, 6) is -0.263. The van der Waals surface area contributed by atoms with E-state index in [4.69, 9.17) is 5.73 Å². The van der Waals surface area contributed by atoms with Gasteiger partial charge >= 0.3 is 0 Å². The summed E-state index contributed by atoms with van der Waals surface area (Å²) in [7, 11) is 0. The van der Waals surface area contributed by atoms with E-state index in [1.807, 2.05) is 0 Å². The molecule has 1 aromatic rings. The van der Waals surface area contributed by atoms with Gasteiger partial charge in [0.05, 0.1) is 0 Å². The first kappa shape index (κ1) is 13.7. The normalized spacial score (nSPS) is 11.5. The molecule has 0 fully saturated rings. The van der Waals surface area contributed by atoms with Crippen molar-refractivity contribution in [3.63, 3.8) is 0 Å². The molecule has 17 heavy (non-hydrogen) atoms. The highest BCUT2D eigenvalue weighted by atomic mass is 16.1. The predicted octanol–water partition coefficient (Wildman–Crippen LogP) is 1.95. The van der Waals surface area contributed by atoms with Gasteiger partial charge in [-0.1, -0.05) is 45.0 Å². The zero-order valence-corrected chi connectivity index (χ0v) is 10.9. The lowest BCUT2D eigenvalue weighted by molar-refractivity contribution is -0.117. The van der Waals surface area contributed by atoms with Crippen molar-refractivity contribution in [3.8, 4) is 0 Å². The maximum absolute atomic E-state index is 10.5. The van der Waals surface area contributed by atoms with Gasteiger partial charge in [0.1, 0.15) is 0 Å². The van der Waals surface area contributed by atoms with E-state index in [0.29, 0.717) is 13.0 Å². The minimum atomic E-state index is -0.263. The maximum atomic E-state index is 10.5. The van der Waals surface area contributed by atoms with Crippen molar-refractivity contribution in [1.82, 2.24) is 5.32 Å². The smallest absolute Gasteiger partial charge is 0.218 e. The molecule has 94 valence electrons. The molecular weight excluding hydrogens is 212 g/mol. The number of nitrogens with two attached hydrogens (primary N) is 1. The molecule has 0 saturated carbocycles. The Labute approximate surface area is 103 Å². The third-order valence-corrected chi connectivity index (χ3v) is 2.70. The zero-order chi connectivity index (χ0) is 12.9. The summed E-state index contributed by atoms with van der Waals surface area (Å²) < 4.78 is 0. The Hall–Kier alpha value is -1.35. The van der Waals surface area contributed by atoms with E-state index in [-0.39, 0.29) is 11.3 Å². The maximum Gasteiger partial charge on any atom is 0.218 e. The second kappa shape index (κ2) is 5.82. The third kappa shape index (κ3) is 5.00. The minimum absolute atomic E-state index is 0.192. The number of amides is 1. The van der Waals surface area contributed by atoms with E-state index in [0.717, 1.165) is 6.54 Å². The second-order valence-electron chi connectivity index (χ2n) is 5.34. The van der Waals surface area contributed by atoms with Crippen LogP contribution in [-0.4, -0.2) is 12.5 Å². The van der Waals surface area contributed by atoms with Gasteiger partial charge in [0.2, 0.25) is 5.91 Å². The van der Waals surface area contributed by atoms with Crippen LogP contribution < -0.4 is 11.1 Å². The molecule has 1 aromatic carbocycles. The van der Waals surface area contributed by atoms with E-state index in [2.05, 4.69) is 50.4 Å². The fourth-order valence-electron chi connectivity index (χ4n) is 1.57. The summed E-state index contributed by atoms with van der Waals surface area (Å²) in [5, 5.41) is 3.19. The number of carbonyl (C=O) groups is 1. The van der Waals surface area contributed by atoms with Crippen LogP contribution in [0.1, 0.15) is 38.3 Å². The summed E-state index contributed by atoms with van der Waals surface area (Å²) in [6.07, 6.45) is 0.389. The van der Waals surface area contributed by atoms with Crippen LogP contribution in [0.25, 0.3) is 0 Å². The summed E-state index contributed by atoms with van der Waals surface area (Å²) in [5.41, 5.74) is 7.81. The topological polar surface area (TPSA) is 55.1 Å². The van der Waals surface area contributed by atoms with E-state index in [1.54, 1.807) is 0 Å². The van der Waals surface area contributed by atoms with Gasteiger partial charge in [-0.05, 0) is 16.5 Å². The third-order valence-electron chi connectivity index (χ3n) is 2.70. The first-order chi connectivity index (χ1) is 7.89. The first-order valence-electron chi connectivity index (χ1n) is 5.98. The van der Waals surface area contributed by atoms with E-state index in [1.165, 1.54) is 11.1 Å². The highest BCUT2D eigenvalue weighted by Gasteiger charge is 2.12. The van der Waals surface area contributed by atoms with E-state index >= 15 is 0 Å². The fraction of sp³-hybridized carbons (Fsp3) is 0.500. The monoisotopic (exact) mass is 234 g/mol. The average molecular weight is 234 g/mol. The molecule has 3 N–H and O–H groups in total. The van der Waals surface area contributed by atoms with Crippen LogP contribution in [0.5, 0.6) is 0 Å². The number of hydrogen-bond acceptors (Lipinski definition) is 2. The van der Waals surface area contributed by atoms with Crippen molar-refractivity contribution in [2.75, 3.05) is 6.54 Å². The molecule has 1 rings (SSSR count). The van der Waals surface area contributed by atoms with Gasteiger partial charge in [-0.3, -0.25) is 4.79 Å². The molecule has 0 saturated heterocycles. The van der Waals surface area contributed by atoms with Gasteiger partial charge in [-0.2, -0.15) is 0 Å². The summed E-state index contributed by atoms with van der Waals surface area (Å²) in [4.78, 5) is 10.5.